The van der Waals surface area contributed by atoms with Gasteiger partial charge in [-0.3, -0.25) is 9.59 Å². The summed E-state index contributed by atoms with van der Waals surface area (Å²) in [4.78, 5) is 27.5. The number of carbonyl (C=O) groups is 2. The number of piperidine rings is 2. The Morgan fingerprint density at radius 3 is 2.89 bits per heavy atom. The highest BCUT2D eigenvalue weighted by Gasteiger charge is 2.23. The molecule has 0 spiro atoms. The summed E-state index contributed by atoms with van der Waals surface area (Å²) < 4.78 is 0. The molecule has 1 atom stereocenters. The minimum Gasteiger partial charge on any atom is -0.335 e. The Morgan fingerprint density at radius 2 is 2.17 bits per heavy atom. The van der Waals surface area contributed by atoms with E-state index in [0.29, 0.717) is 25.3 Å². The molecule has 1 unspecified atom stereocenters. The van der Waals surface area contributed by atoms with Crippen LogP contribution in [0.3, 0.4) is 0 Å². The number of likely N-dealkylation sites (tertiary alicyclic amines) is 2. The third-order valence-electron chi connectivity index (χ3n) is 4.09. The summed E-state index contributed by atoms with van der Waals surface area (Å²) in [6.45, 7) is 3.43. The van der Waals surface area contributed by atoms with Crippen LogP contribution in [0.2, 0.25) is 0 Å². The standard InChI is InChI=1S/C14H24N2O2/c1-15-8-2-4-12(10-15)6-7-14(18)16-9-3-5-13(17)11-16/h12H,2-11H2,1H3. The highest BCUT2D eigenvalue weighted by molar-refractivity contribution is 5.87. The summed E-state index contributed by atoms with van der Waals surface area (Å²) in [7, 11) is 2.15. The van der Waals surface area contributed by atoms with E-state index in [4.69, 9.17) is 0 Å². The van der Waals surface area contributed by atoms with Gasteiger partial charge in [0, 0.05) is 25.9 Å². The van der Waals surface area contributed by atoms with Crippen molar-refractivity contribution in [2.45, 2.75) is 38.5 Å². The van der Waals surface area contributed by atoms with Crippen LogP contribution in [-0.2, 0) is 9.59 Å². The number of rotatable bonds is 3. The molecular weight excluding hydrogens is 228 g/mol. The Bertz CT molecular complexity index is 317. The first-order chi connectivity index (χ1) is 8.65. The van der Waals surface area contributed by atoms with Gasteiger partial charge in [-0.1, -0.05) is 0 Å². The second kappa shape index (κ2) is 6.32. The zero-order valence-corrected chi connectivity index (χ0v) is 11.4. The van der Waals surface area contributed by atoms with Crippen molar-refractivity contribution in [2.24, 2.45) is 5.92 Å². The third kappa shape index (κ3) is 3.80. The van der Waals surface area contributed by atoms with Crippen molar-refractivity contribution in [1.82, 2.24) is 9.80 Å². The minimum atomic E-state index is 0.177. The van der Waals surface area contributed by atoms with Gasteiger partial charge in [-0.15, -0.1) is 0 Å². The van der Waals surface area contributed by atoms with Crippen LogP contribution in [0.1, 0.15) is 38.5 Å². The normalized spacial score (nSPS) is 26.4. The lowest BCUT2D eigenvalue weighted by molar-refractivity contribution is -0.137. The Labute approximate surface area is 109 Å². The molecule has 1 amide bonds. The summed E-state index contributed by atoms with van der Waals surface area (Å²) in [5, 5.41) is 0. The van der Waals surface area contributed by atoms with Gasteiger partial charge >= 0.3 is 0 Å². The molecule has 4 nitrogen and oxygen atoms in total. The average Bonchev–Trinajstić information content (AvgIpc) is 2.36. The van der Waals surface area contributed by atoms with E-state index in [-0.39, 0.29) is 11.7 Å². The largest absolute Gasteiger partial charge is 0.335 e. The number of ketones is 1. The maximum absolute atomic E-state index is 12.0. The zero-order chi connectivity index (χ0) is 13.0. The van der Waals surface area contributed by atoms with Gasteiger partial charge in [0.25, 0.3) is 0 Å². The molecule has 4 heteroatoms. The van der Waals surface area contributed by atoms with Crippen LogP contribution in [-0.4, -0.2) is 54.7 Å². The van der Waals surface area contributed by atoms with Crippen molar-refractivity contribution in [2.75, 3.05) is 33.2 Å². The van der Waals surface area contributed by atoms with Gasteiger partial charge in [-0.25, -0.2) is 0 Å². The van der Waals surface area contributed by atoms with Crippen molar-refractivity contribution in [1.29, 1.82) is 0 Å². The highest BCUT2D eigenvalue weighted by Crippen LogP contribution is 2.20. The molecule has 2 fully saturated rings. The fourth-order valence-electron chi connectivity index (χ4n) is 3.05. The van der Waals surface area contributed by atoms with E-state index in [9.17, 15) is 9.59 Å². The van der Waals surface area contributed by atoms with Crippen molar-refractivity contribution < 1.29 is 9.59 Å². The van der Waals surface area contributed by atoms with Crippen LogP contribution in [0.25, 0.3) is 0 Å². The van der Waals surface area contributed by atoms with E-state index in [1.54, 1.807) is 4.90 Å². The molecule has 0 bridgehead atoms. The molecule has 2 aliphatic heterocycles. The Kier molecular flexibility index (Phi) is 4.75. The second-order valence-corrected chi connectivity index (χ2v) is 5.77. The van der Waals surface area contributed by atoms with Crippen LogP contribution in [0, 0.1) is 5.92 Å². The molecule has 0 aromatic heterocycles. The van der Waals surface area contributed by atoms with Gasteiger partial charge in [-0.05, 0) is 45.2 Å². The van der Waals surface area contributed by atoms with Crippen LogP contribution in [0.15, 0.2) is 0 Å². The number of hydrogen-bond acceptors (Lipinski definition) is 3. The lowest BCUT2D eigenvalue weighted by Crippen LogP contribution is -2.40. The van der Waals surface area contributed by atoms with E-state index >= 15 is 0 Å². The maximum atomic E-state index is 12.0. The number of nitrogens with zero attached hydrogens (tertiary/aromatic N) is 2. The van der Waals surface area contributed by atoms with Gasteiger partial charge in [0.2, 0.25) is 5.91 Å². The smallest absolute Gasteiger partial charge is 0.222 e. The lowest BCUT2D eigenvalue weighted by Gasteiger charge is -2.30. The lowest BCUT2D eigenvalue weighted by atomic mass is 9.93. The molecule has 2 aliphatic rings. The molecule has 0 aliphatic carbocycles. The van der Waals surface area contributed by atoms with E-state index in [0.717, 1.165) is 25.9 Å². The number of Topliss-reactive ketones (excluding diaryl/α,β-unsaturated/α-hetero) is 1. The summed E-state index contributed by atoms with van der Waals surface area (Å²) in [6.07, 6.45) is 5.59. The molecule has 0 radical (unpaired) electrons. The Morgan fingerprint density at radius 1 is 1.33 bits per heavy atom. The van der Waals surface area contributed by atoms with Gasteiger partial charge in [-0.2, -0.15) is 0 Å². The van der Waals surface area contributed by atoms with Gasteiger partial charge in [0.15, 0.2) is 5.78 Å². The van der Waals surface area contributed by atoms with Crippen LogP contribution in [0.4, 0.5) is 0 Å². The fraction of sp³-hybridized carbons (Fsp3) is 0.857. The molecule has 2 saturated heterocycles. The maximum Gasteiger partial charge on any atom is 0.222 e. The molecular formula is C14H24N2O2. The van der Waals surface area contributed by atoms with Gasteiger partial charge in [0.05, 0.1) is 6.54 Å². The number of hydrogen-bond donors (Lipinski definition) is 0. The van der Waals surface area contributed by atoms with Crippen LogP contribution in [0.5, 0.6) is 0 Å². The van der Waals surface area contributed by atoms with Crippen molar-refractivity contribution in [3.8, 4) is 0 Å². The summed E-state index contributed by atoms with van der Waals surface area (Å²) in [5.41, 5.74) is 0. The van der Waals surface area contributed by atoms with Crippen LogP contribution < -0.4 is 0 Å². The summed E-state index contributed by atoms with van der Waals surface area (Å²) in [6, 6.07) is 0. The summed E-state index contributed by atoms with van der Waals surface area (Å²) in [5.74, 6) is 1.05. The van der Waals surface area contributed by atoms with E-state index in [1.807, 2.05) is 0 Å². The van der Waals surface area contributed by atoms with Crippen molar-refractivity contribution >= 4 is 11.7 Å². The SMILES string of the molecule is CN1CCCC(CCC(=O)N2CCCC(=O)C2)C1. The number of amides is 1. The first-order valence-electron chi connectivity index (χ1n) is 7.13. The molecule has 2 heterocycles. The third-order valence-corrected chi connectivity index (χ3v) is 4.09. The number of carbonyl (C=O) groups excluding carboxylic acids is 2. The van der Waals surface area contributed by atoms with E-state index < -0.39 is 0 Å². The van der Waals surface area contributed by atoms with E-state index in [2.05, 4.69) is 11.9 Å². The monoisotopic (exact) mass is 252 g/mol. The Balaban J connectivity index is 1.72. The molecule has 0 aromatic carbocycles. The predicted octanol–water partition coefficient (Wildman–Crippen LogP) is 1.30. The molecule has 0 aromatic rings. The van der Waals surface area contributed by atoms with E-state index in [1.165, 1.54) is 19.4 Å². The van der Waals surface area contributed by atoms with Crippen LogP contribution >= 0.6 is 0 Å². The molecule has 18 heavy (non-hydrogen) atoms. The van der Waals surface area contributed by atoms with Crippen molar-refractivity contribution in [3.63, 3.8) is 0 Å². The van der Waals surface area contributed by atoms with Gasteiger partial charge in [0.1, 0.15) is 0 Å². The Hall–Kier alpha value is -0.900. The fourth-order valence-corrected chi connectivity index (χ4v) is 3.05. The highest BCUT2D eigenvalue weighted by atomic mass is 16.2. The molecule has 0 N–H and O–H groups in total. The predicted molar refractivity (Wildman–Crippen MR) is 70.3 cm³/mol. The molecule has 2 rings (SSSR count). The first kappa shape index (κ1) is 13.5. The topological polar surface area (TPSA) is 40.6 Å². The summed E-state index contributed by atoms with van der Waals surface area (Å²) >= 11 is 0. The average molecular weight is 252 g/mol. The first-order valence-corrected chi connectivity index (χ1v) is 7.13. The molecule has 102 valence electrons. The zero-order valence-electron chi connectivity index (χ0n) is 11.4. The van der Waals surface area contributed by atoms with Gasteiger partial charge < -0.3 is 9.80 Å². The van der Waals surface area contributed by atoms with Crippen molar-refractivity contribution in [3.05, 3.63) is 0 Å². The second-order valence-electron chi connectivity index (χ2n) is 5.77. The quantitative estimate of drug-likeness (QED) is 0.760. The molecule has 0 saturated carbocycles. The minimum absolute atomic E-state index is 0.177.